The number of rotatable bonds is 6. The second-order valence-corrected chi connectivity index (χ2v) is 5.86. The van der Waals surface area contributed by atoms with Gasteiger partial charge in [-0.3, -0.25) is 9.67 Å². The molecule has 1 aromatic heterocycles. The van der Waals surface area contributed by atoms with E-state index in [1.54, 1.807) is 11.7 Å². The Balaban J connectivity index is 0.00000312. The first kappa shape index (κ1) is 21.2. The van der Waals surface area contributed by atoms with Crippen molar-refractivity contribution in [1.29, 1.82) is 0 Å². The van der Waals surface area contributed by atoms with Crippen molar-refractivity contribution < 1.29 is 4.74 Å². The highest BCUT2D eigenvalue weighted by molar-refractivity contribution is 14.0. The predicted molar refractivity (Wildman–Crippen MR) is 110 cm³/mol. The Morgan fingerprint density at radius 1 is 1.28 bits per heavy atom. The highest BCUT2D eigenvalue weighted by Crippen LogP contribution is 2.21. The van der Waals surface area contributed by atoms with E-state index in [1.807, 2.05) is 20.9 Å². The predicted octanol–water partition coefficient (Wildman–Crippen LogP) is 2.39. The Hall–Kier alpha value is -1.84. The maximum atomic E-state index is 5.90. The molecule has 0 radical (unpaired) electrons. The summed E-state index contributed by atoms with van der Waals surface area (Å²) in [6.07, 6.45) is 1.67. The minimum Gasteiger partial charge on any atom is -0.491 e. The number of ether oxygens (including phenoxy) is 1. The molecule has 2 rings (SSSR count). The van der Waals surface area contributed by atoms with E-state index < -0.39 is 0 Å². The van der Waals surface area contributed by atoms with Crippen molar-refractivity contribution in [2.24, 2.45) is 12.0 Å². The smallest absolute Gasteiger partial charge is 0.191 e. The molecule has 0 aliphatic carbocycles. The van der Waals surface area contributed by atoms with Crippen molar-refractivity contribution in [3.63, 3.8) is 0 Å². The van der Waals surface area contributed by atoms with Crippen LogP contribution in [0.4, 0.5) is 0 Å². The fourth-order valence-electron chi connectivity index (χ4n) is 2.21. The molecule has 8 heteroatoms. The zero-order chi connectivity index (χ0) is 17.5. The summed E-state index contributed by atoms with van der Waals surface area (Å²) in [7, 11) is 3.61. The first-order valence-electron chi connectivity index (χ1n) is 8.03. The van der Waals surface area contributed by atoms with Gasteiger partial charge >= 0.3 is 0 Å². The molecule has 0 aliphatic heterocycles. The van der Waals surface area contributed by atoms with E-state index in [-0.39, 0.29) is 30.1 Å². The van der Waals surface area contributed by atoms with Crippen LogP contribution >= 0.6 is 24.0 Å². The van der Waals surface area contributed by atoms with Gasteiger partial charge < -0.3 is 15.4 Å². The van der Waals surface area contributed by atoms with Crippen LogP contribution < -0.4 is 15.4 Å². The molecule has 0 aliphatic rings. The van der Waals surface area contributed by atoms with Crippen molar-refractivity contribution in [2.75, 3.05) is 7.05 Å². The normalized spacial score (nSPS) is 11.2. The Morgan fingerprint density at radius 2 is 2.00 bits per heavy atom. The van der Waals surface area contributed by atoms with Gasteiger partial charge in [-0.25, -0.2) is 4.98 Å². The summed E-state index contributed by atoms with van der Waals surface area (Å²) in [4.78, 5) is 8.42. The highest BCUT2D eigenvalue weighted by Gasteiger charge is 2.08. The number of aryl methyl sites for hydroxylation is 2. The van der Waals surface area contributed by atoms with E-state index in [0.29, 0.717) is 19.0 Å². The van der Waals surface area contributed by atoms with Gasteiger partial charge in [0.25, 0.3) is 0 Å². The summed E-state index contributed by atoms with van der Waals surface area (Å²) < 4.78 is 7.64. The van der Waals surface area contributed by atoms with Crippen molar-refractivity contribution in [2.45, 2.75) is 40.0 Å². The van der Waals surface area contributed by atoms with Gasteiger partial charge in [0.15, 0.2) is 5.96 Å². The van der Waals surface area contributed by atoms with E-state index in [2.05, 4.69) is 50.8 Å². The average Bonchev–Trinajstić information content (AvgIpc) is 2.94. The molecule has 0 saturated carbocycles. The number of aliphatic imine (C=N–C) groups is 1. The zero-order valence-electron chi connectivity index (χ0n) is 15.4. The maximum Gasteiger partial charge on any atom is 0.191 e. The molecule has 7 nitrogen and oxygen atoms in total. The lowest BCUT2D eigenvalue weighted by molar-refractivity contribution is 0.239. The summed E-state index contributed by atoms with van der Waals surface area (Å²) in [5.41, 5.74) is 2.27. The number of guanidine groups is 1. The van der Waals surface area contributed by atoms with Crippen LogP contribution in [0.1, 0.15) is 30.8 Å². The fourth-order valence-corrected chi connectivity index (χ4v) is 2.21. The fraction of sp³-hybridized carbons (Fsp3) is 0.471. The summed E-state index contributed by atoms with van der Waals surface area (Å²) in [6, 6.07) is 6.22. The maximum absolute atomic E-state index is 5.90. The molecular formula is C17H27IN6O. The quantitative estimate of drug-likeness (QED) is 0.395. The standard InChI is InChI=1S/C17H26N6O.HI/c1-12(2)24-15-8-13(3)6-7-14(15)9-19-17(18-4)20-10-16-21-11-22-23(16)5;/h6-8,11-12H,9-10H2,1-5H3,(H2,18,19,20);1H. The zero-order valence-corrected chi connectivity index (χ0v) is 17.7. The third kappa shape index (κ3) is 6.52. The van der Waals surface area contributed by atoms with E-state index in [1.165, 1.54) is 11.9 Å². The molecule has 2 aromatic rings. The van der Waals surface area contributed by atoms with E-state index in [0.717, 1.165) is 17.1 Å². The molecule has 138 valence electrons. The Kier molecular flexibility index (Phi) is 8.67. The van der Waals surface area contributed by atoms with Crippen LogP contribution in [0.5, 0.6) is 5.75 Å². The lowest BCUT2D eigenvalue weighted by Gasteiger charge is -2.17. The Morgan fingerprint density at radius 3 is 2.60 bits per heavy atom. The van der Waals surface area contributed by atoms with Crippen LogP contribution in [-0.2, 0) is 20.1 Å². The summed E-state index contributed by atoms with van der Waals surface area (Å²) in [5, 5.41) is 10.6. The third-order valence-electron chi connectivity index (χ3n) is 3.47. The summed E-state index contributed by atoms with van der Waals surface area (Å²) in [6.45, 7) is 7.30. The second-order valence-electron chi connectivity index (χ2n) is 5.86. The summed E-state index contributed by atoms with van der Waals surface area (Å²) in [5.74, 6) is 2.45. The molecule has 0 atom stereocenters. The molecular weight excluding hydrogens is 431 g/mol. The number of nitrogens with one attached hydrogen (secondary N) is 2. The van der Waals surface area contributed by atoms with Crippen LogP contribution in [0.25, 0.3) is 0 Å². The lowest BCUT2D eigenvalue weighted by atomic mass is 10.1. The van der Waals surface area contributed by atoms with Gasteiger partial charge in [-0.15, -0.1) is 24.0 Å². The number of halogens is 1. The molecule has 1 heterocycles. The highest BCUT2D eigenvalue weighted by atomic mass is 127. The van der Waals surface area contributed by atoms with Crippen molar-refractivity contribution in [3.8, 4) is 5.75 Å². The van der Waals surface area contributed by atoms with E-state index in [4.69, 9.17) is 4.74 Å². The molecule has 0 bridgehead atoms. The first-order chi connectivity index (χ1) is 11.5. The van der Waals surface area contributed by atoms with Crippen molar-refractivity contribution >= 4 is 29.9 Å². The molecule has 0 saturated heterocycles. The van der Waals surface area contributed by atoms with Gasteiger partial charge in [0.2, 0.25) is 0 Å². The van der Waals surface area contributed by atoms with Gasteiger partial charge in [0.1, 0.15) is 17.9 Å². The molecule has 1 aromatic carbocycles. The number of nitrogens with zero attached hydrogens (tertiary/aromatic N) is 4. The van der Waals surface area contributed by atoms with Gasteiger partial charge in [0, 0.05) is 26.2 Å². The van der Waals surface area contributed by atoms with Crippen LogP contribution in [-0.4, -0.2) is 33.9 Å². The largest absolute Gasteiger partial charge is 0.491 e. The second kappa shape index (κ2) is 10.2. The lowest BCUT2D eigenvalue weighted by Crippen LogP contribution is -2.37. The first-order valence-corrected chi connectivity index (χ1v) is 8.03. The van der Waals surface area contributed by atoms with Crippen molar-refractivity contribution in [1.82, 2.24) is 25.4 Å². The van der Waals surface area contributed by atoms with Gasteiger partial charge in [-0.2, -0.15) is 5.10 Å². The Bertz CT molecular complexity index is 698. The molecule has 0 spiro atoms. The van der Waals surface area contributed by atoms with Crippen LogP contribution in [0.2, 0.25) is 0 Å². The minimum absolute atomic E-state index is 0. The number of hydrogen-bond donors (Lipinski definition) is 2. The van der Waals surface area contributed by atoms with Gasteiger partial charge in [-0.1, -0.05) is 12.1 Å². The van der Waals surface area contributed by atoms with Crippen LogP contribution in [0.15, 0.2) is 29.5 Å². The monoisotopic (exact) mass is 458 g/mol. The summed E-state index contributed by atoms with van der Waals surface area (Å²) >= 11 is 0. The van der Waals surface area contributed by atoms with Crippen LogP contribution in [0, 0.1) is 6.92 Å². The minimum atomic E-state index is 0. The van der Waals surface area contributed by atoms with Crippen molar-refractivity contribution in [3.05, 3.63) is 41.5 Å². The molecule has 0 amide bonds. The Labute approximate surface area is 166 Å². The van der Waals surface area contributed by atoms with Crippen LogP contribution in [0.3, 0.4) is 0 Å². The number of hydrogen-bond acceptors (Lipinski definition) is 4. The molecule has 2 N–H and O–H groups in total. The SMILES string of the molecule is CN=C(NCc1ccc(C)cc1OC(C)C)NCc1ncnn1C.I. The third-order valence-corrected chi connectivity index (χ3v) is 3.47. The number of benzene rings is 1. The average molecular weight is 458 g/mol. The van der Waals surface area contributed by atoms with E-state index >= 15 is 0 Å². The molecule has 0 fully saturated rings. The molecule has 25 heavy (non-hydrogen) atoms. The van der Waals surface area contributed by atoms with E-state index in [9.17, 15) is 0 Å². The molecule has 0 unspecified atom stereocenters. The van der Waals surface area contributed by atoms with Gasteiger partial charge in [-0.05, 0) is 32.4 Å². The van der Waals surface area contributed by atoms with Gasteiger partial charge in [0.05, 0.1) is 12.6 Å². The number of aromatic nitrogens is 3. The topological polar surface area (TPSA) is 76.4 Å².